The highest BCUT2D eigenvalue weighted by molar-refractivity contribution is 7.92. The van der Waals surface area contributed by atoms with E-state index in [4.69, 9.17) is 0 Å². The van der Waals surface area contributed by atoms with E-state index in [9.17, 15) is 13.2 Å². The smallest absolute Gasteiger partial charge is 0.243 e. The quantitative estimate of drug-likeness (QED) is 0.630. The minimum Gasteiger partial charge on any atom is -0.350 e. The van der Waals surface area contributed by atoms with Crippen LogP contribution in [-0.2, 0) is 21.4 Å². The Kier molecular flexibility index (Phi) is 6.26. The number of imidazole rings is 1. The number of anilines is 1. The zero-order chi connectivity index (χ0) is 21.9. The normalized spacial score (nSPS) is 12.4. The maximum Gasteiger partial charge on any atom is 0.243 e. The number of nitrogens with zero attached hydrogens (tertiary/aromatic N) is 3. The van der Waals surface area contributed by atoms with E-state index in [2.05, 4.69) is 10.3 Å². The van der Waals surface area contributed by atoms with E-state index < -0.39 is 16.1 Å². The van der Waals surface area contributed by atoms with E-state index in [0.29, 0.717) is 5.69 Å². The number of hydrogen-bond acceptors (Lipinski definition) is 4. The number of aryl methyl sites for hydroxylation is 2. The molecule has 2 aromatic carbocycles. The summed E-state index contributed by atoms with van der Waals surface area (Å²) in [6, 6.07) is 12.3. The Labute approximate surface area is 177 Å². The zero-order valence-corrected chi connectivity index (χ0v) is 18.3. The van der Waals surface area contributed by atoms with E-state index in [1.807, 2.05) is 54.9 Å². The minimum absolute atomic E-state index is 0.266. The van der Waals surface area contributed by atoms with Crippen LogP contribution in [0.2, 0.25) is 0 Å². The number of hydrogen-bond donors (Lipinski definition) is 1. The van der Waals surface area contributed by atoms with Crippen LogP contribution < -0.4 is 9.62 Å². The summed E-state index contributed by atoms with van der Waals surface area (Å²) < 4.78 is 28.1. The van der Waals surface area contributed by atoms with Gasteiger partial charge in [-0.15, -0.1) is 0 Å². The minimum atomic E-state index is -3.66. The number of aromatic nitrogens is 2. The van der Waals surface area contributed by atoms with Gasteiger partial charge in [0.25, 0.3) is 0 Å². The molecule has 1 atom stereocenters. The summed E-state index contributed by atoms with van der Waals surface area (Å²) in [6.07, 6.45) is 6.32. The van der Waals surface area contributed by atoms with Gasteiger partial charge < -0.3 is 9.88 Å². The molecule has 1 unspecified atom stereocenters. The van der Waals surface area contributed by atoms with E-state index in [0.717, 1.165) is 28.6 Å². The first-order chi connectivity index (χ1) is 14.2. The number of amides is 1. The number of sulfonamides is 1. The zero-order valence-electron chi connectivity index (χ0n) is 17.5. The summed E-state index contributed by atoms with van der Waals surface area (Å²) >= 11 is 0. The molecule has 30 heavy (non-hydrogen) atoms. The fraction of sp³-hybridized carbons (Fsp3) is 0.273. The van der Waals surface area contributed by atoms with Crippen LogP contribution in [0.15, 0.2) is 61.2 Å². The third-order valence-corrected chi connectivity index (χ3v) is 6.02. The molecular formula is C22H26N4O3S. The molecule has 8 heteroatoms. The SMILES string of the molecule is Cc1cc(C)cc(N(C(C)C(=O)NCc2ccccc2-n2ccnc2)S(C)(=O)=O)c1. The van der Waals surface area contributed by atoms with Gasteiger partial charge in [0.15, 0.2) is 0 Å². The molecule has 7 nitrogen and oxygen atoms in total. The van der Waals surface area contributed by atoms with Crippen molar-refractivity contribution in [3.63, 3.8) is 0 Å². The van der Waals surface area contributed by atoms with Gasteiger partial charge in [-0.25, -0.2) is 13.4 Å². The molecule has 1 aromatic heterocycles. The molecule has 1 amide bonds. The van der Waals surface area contributed by atoms with Crippen molar-refractivity contribution in [3.05, 3.63) is 77.9 Å². The number of nitrogens with one attached hydrogen (secondary N) is 1. The van der Waals surface area contributed by atoms with E-state index in [1.165, 1.54) is 4.31 Å². The van der Waals surface area contributed by atoms with Crippen LogP contribution in [0, 0.1) is 13.8 Å². The lowest BCUT2D eigenvalue weighted by Crippen LogP contribution is -2.47. The lowest BCUT2D eigenvalue weighted by molar-refractivity contribution is -0.122. The topological polar surface area (TPSA) is 84.3 Å². The van der Waals surface area contributed by atoms with Gasteiger partial charge >= 0.3 is 0 Å². The average molecular weight is 427 g/mol. The van der Waals surface area contributed by atoms with Crippen molar-refractivity contribution in [1.82, 2.24) is 14.9 Å². The summed E-state index contributed by atoms with van der Waals surface area (Å²) in [4.78, 5) is 17.0. The van der Waals surface area contributed by atoms with Crippen molar-refractivity contribution >= 4 is 21.6 Å². The Morgan fingerprint density at radius 1 is 1.17 bits per heavy atom. The molecule has 3 rings (SSSR count). The van der Waals surface area contributed by atoms with E-state index >= 15 is 0 Å². The van der Waals surface area contributed by atoms with Crippen LogP contribution >= 0.6 is 0 Å². The maximum atomic E-state index is 12.9. The van der Waals surface area contributed by atoms with E-state index in [1.54, 1.807) is 31.6 Å². The van der Waals surface area contributed by atoms with Gasteiger partial charge in [0.05, 0.1) is 24.0 Å². The first-order valence-electron chi connectivity index (χ1n) is 9.58. The van der Waals surface area contributed by atoms with Crippen molar-refractivity contribution in [2.45, 2.75) is 33.4 Å². The number of carbonyl (C=O) groups is 1. The molecule has 3 aromatic rings. The van der Waals surface area contributed by atoms with Gasteiger partial charge in [-0.05, 0) is 55.7 Å². The number of para-hydroxylation sites is 1. The Hall–Kier alpha value is -3.13. The molecule has 0 radical (unpaired) electrons. The average Bonchev–Trinajstić information content (AvgIpc) is 3.19. The highest BCUT2D eigenvalue weighted by atomic mass is 32.2. The maximum absolute atomic E-state index is 12.9. The molecule has 0 aliphatic heterocycles. The summed E-state index contributed by atoms with van der Waals surface area (Å²) in [5.41, 5.74) is 4.14. The van der Waals surface area contributed by atoms with Gasteiger partial charge in [0.1, 0.15) is 6.04 Å². The fourth-order valence-corrected chi connectivity index (χ4v) is 4.69. The number of benzene rings is 2. The summed E-state index contributed by atoms with van der Waals surface area (Å²) in [6.45, 7) is 5.65. The molecule has 0 aliphatic rings. The van der Waals surface area contributed by atoms with Gasteiger partial charge in [-0.1, -0.05) is 24.3 Å². The van der Waals surface area contributed by atoms with Gasteiger partial charge in [-0.2, -0.15) is 0 Å². The summed E-state index contributed by atoms with van der Waals surface area (Å²) in [7, 11) is -3.66. The molecule has 0 saturated carbocycles. The van der Waals surface area contributed by atoms with Gasteiger partial charge in [0, 0.05) is 18.9 Å². The molecule has 0 saturated heterocycles. The Balaban J connectivity index is 1.82. The molecule has 0 spiro atoms. The van der Waals surface area contributed by atoms with Crippen molar-refractivity contribution < 1.29 is 13.2 Å². The predicted octanol–water partition coefficient (Wildman–Crippen LogP) is 2.96. The summed E-state index contributed by atoms with van der Waals surface area (Å²) in [5, 5.41) is 2.87. The summed E-state index contributed by atoms with van der Waals surface area (Å²) in [5.74, 6) is -0.375. The van der Waals surface area contributed by atoms with Gasteiger partial charge in [-0.3, -0.25) is 9.10 Å². The Bertz CT molecular complexity index is 1120. The van der Waals surface area contributed by atoms with Crippen LogP contribution in [0.25, 0.3) is 5.69 Å². The largest absolute Gasteiger partial charge is 0.350 e. The Morgan fingerprint density at radius 3 is 2.43 bits per heavy atom. The molecule has 0 fully saturated rings. The fourth-order valence-electron chi connectivity index (χ4n) is 3.53. The van der Waals surface area contributed by atoms with Crippen molar-refractivity contribution in [1.29, 1.82) is 0 Å². The second kappa shape index (κ2) is 8.71. The molecule has 0 aliphatic carbocycles. The van der Waals surface area contributed by atoms with E-state index in [-0.39, 0.29) is 12.5 Å². The van der Waals surface area contributed by atoms with Crippen LogP contribution in [0.3, 0.4) is 0 Å². The van der Waals surface area contributed by atoms with Gasteiger partial charge in [0.2, 0.25) is 15.9 Å². The lowest BCUT2D eigenvalue weighted by Gasteiger charge is -2.29. The van der Waals surface area contributed by atoms with Crippen LogP contribution in [0.5, 0.6) is 0 Å². The Morgan fingerprint density at radius 2 is 1.83 bits per heavy atom. The molecule has 1 heterocycles. The van der Waals surface area contributed by atoms with Crippen LogP contribution in [0.4, 0.5) is 5.69 Å². The second-order valence-corrected chi connectivity index (χ2v) is 9.26. The number of rotatable bonds is 7. The molecule has 0 bridgehead atoms. The standard InChI is InChI=1S/C22H26N4O3S/c1-16-11-17(2)13-20(12-16)26(30(4,28)29)18(3)22(27)24-14-19-7-5-6-8-21(19)25-10-9-23-15-25/h5-13,15,18H,14H2,1-4H3,(H,24,27). The van der Waals surface area contributed by atoms with Crippen molar-refractivity contribution in [2.75, 3.05) is 10.6 Å². The monoisotopic (exact) mass is 426 g/mol. The molecule has 1 N–H and O–H groups in total. The van der Waals surface area contributed by atoms with Crippen LogP contribution in [0.1, 0.15) is 23.6 Å². The lowest BCUT2D eigenvalue weighted by atomic mass is 10.1. The van der Waals surface area contributed by atoms with Crippen molar-refractivity contribution in [3.8, 4) is 5.69 Å². The first-order valence-corrected chi connectivity index (χ1v) is 11.4. The molecule has 158 valence electrons. The molecular weight excluding hydrogens is 400 g/mol. The van der Waals surface area contributed by atoms with Crippen molar-refractivity contribution in [2.24, 2.45) is 0 Å². The highest BCUT2D eigenvalue weighted by Gasteiger charge is 2.29. The predicted molar refractivity (Wildman–Crippen MR) is 118 cm³/mol. The first kappa shape index (κ1) is 21.6. The van der Waals surface area contributed by atoms with Crippen LogP contribution in [-0.4, -0.2) is 36.2 Å². The number of carbonyl (C=O) groups excluding carboxylic acids is 1. The third kappa shape index (κ3) is 4.88. The third-order valence-electron chi connectivity index (χ3n) is 4.78. The second-order valence-electron chi connectivity index (χ2n) is 7.40. The highest BCUT2D eigenvalue weighted by Crippen LogP contribution is 2.24.